The van der Waals surface area contributed by atoms with Crippen LogP contribution in [-0.4, -0.2) is 32.7 Å². The maximum absolute atomic E-state index is 11.6. The Morgan fingerprint density at radius 2 is 2.47 bits per heavy atom. The first kappa shape index (κ1) is 10.2. The Balaban J connectivity index is 1.90. The average molecular weight is 209 g/mol. The maximum atomic E-state index is 11.6. The van der Waals surface area contributed by atoms with Crippen molar-refractivity contribution in [1.82, 2.24) is 14.9 Å². The summed E-state index contributed by atoms with van der Waals surface area (Å²) in [7, 11) is 1.76. The van der Waals surface area contributed by atoms with Gasteiger partial charge in [-0.05, 0) is 19.3 Å². The van der Waals surface area contributed by atoms with Crippen LogP contribution in [0.1, 0.15) is 29.8 Å². The Morgan fingerprint density at radius 1 is 1.73 bits per heavy atom. The summed E-state index contributed by atoms with van der Waals surface area (Å²) in [5.74, 6) is -0.185. The van der Waals surface area contributed by atoms with E-state index in [0.717, 1.165) is 19.3 Å². The minimum atomic E-state index is -0.672. The monoisotopic (exact) mass is 209 g/mol. The van der Waals surface area contributed by atoms with Crippen LogP contribution in [0, 0.1) is 0 Å². The standard InChI is InChI=1S/C10H15N3O2/c1-13-7-11-5-8(13)9(14)12-6-10(15)3-2-4-10/h5,7,15H,2-4,6H2,1H3,(H,12,14). The van der Waals surface area contributed by atoms with E-state index in [-0.39, 0.29) is 5.91 Å². The third kappa shape index (κ3) is 2.02. The van der Waals surface area contributed by atoms with Gasteiger partial charge in [-0.1, -0.05) is 0 Å². The number of amides is 1. The second-order valence-electron chi connectivity index (χ2n) is 4.15. The number of aromatic nitrogens is 2. The number of carbonyl (C=O) groups excluding carboxylic acids is 1. The van der Waals surface area contributed by atoms with Gasteiger partial charge in [0.05, 0.1) is 18.1 Å². The van der Waals surface area contributed by atoms with E-state index in [9.17, 15) is 9.90 Å². The summed E-state index contributed by atoms with van der Waals surface area (Å²) in [4.78, 5) is 15.5. The molecule has 5 heteroatoms. The van der Waals surface area contributed by atoms with E-state index in [2.05, 4.69) is 10.3 Å². The number of nitrogens with one attached hydrogen (secondary N) is 1. The first-order valence-corrected chi connectivity index (χ1v) is 5.08. The first-order chi connectivity index (χ1) is 7.11. The molecule has 0 aromatic carbocycles. The lowest BCUT2D eigenvalue weighted by atomic mass is 9.80. The number of imidazole rings is 1. The van der Waals surface area contributed by atoms with Crippen LogP contribution < -0.4 is 5.32 Å². The van der Waals surface area contributed by atoms with Crippen molar-refractivity contribution in [3.8, 4) is 0 Å². The average Bonchev–Trinajstić information content (AvgIpc) is 2.58. The summed E-state index contributed by atoms with van der Waals surface area (Å²) in [6, 6.07) is 0. The third-order valence-electron chi connectivity index (χ3n) is 2.91. The van der Waals surface area contributed by atoms with Crippen LogP contribution >= 0.6 is 0 Å². The van der Waals surface area contributed by atoms with Gasteiger partial charge in [0.15, 0.2) is 0 Å². The SMILES string of the molecule is Cn1cncc1C(=O)NCC1(O)CCC1. The Labute approximate surface area is 88.1 Å². The number of carbonyl (C=O) groups is 1. The number of hydrogen-bond donors (Lipinski definition) is 2. The minimum Gasteiger partial charge on any atom is -0.388 e. The number of aryl methyl sites for hydroxylation is 1. The summed E-state index contributed by atoms with van der Waals surface area (Å²) in [5.41, 5.74) is -0.160. The van der Waals surface area contributed by atoms with Gasteiger partial charge < -0.3 is 15.0 Å². The van der Waals surface area contributed by atoms with E-state index in [1.54, 1.807) is 17.9 Å². The van der Waals surface area contributed by atoms with Crippen molar-refractivity contribution in [2.45, 2.75) is 24.9 Å². The van der Waals surface area contributed by atoms with Crippen molar-refractivity contribution in [3.63, 3.8) is 0 Å². The zero-order valence-electron chi connectivity index (χ0n) is 8.73. The molecule has 5 nitrogen and oxygen atoms in total. The van der Waals surface area contributed by atoms with Gasteiger partial charge in [-0.15, -0.1) is 0 Å². The molecule has 0 saturated heterocycles. The minimum absolute atomic E-state index is 0.185. The molecular formula is C10H15N3O2. The quantitative estimate of drug-likeness (QED) is 0.740. The zero-order chi connectivity index (χ0) is 10.9. The van der Waals surface area contributed by atoms with E-state index in [4.69, 9.17) is 0 Å². The Morgan fingerprint density at radius 3 is 2.93 bits per heavy atom. The number of hydrogen-bond acceptors (Lipinski definition) is 3. The van der Waals surface area contributed by atoms with Crippen molar-refractivity contribution in [1.29, 1.82) is 0 Å². The van der Waals surface area contributed by atoms with E-state index in [1.165, 1.54) is 6.20 Å². The fourth-order valence-corrected chi connectivity index (χ4v) is 1.67. The van der Waals surface area contributed by atoms with Crippen molar-refractivity contribution in [2.24, 2.45) is 7.05 Å². The third-order valence-corrected chi connectivity index (χ3v) is 2.91. The first-order valence-electron chi connectivity index (χ1n) is 5.08. The molecule has 2 rings (SSSR count). The molecule has 0 bridgehead atoms. The van der Waals surface area contributed by atoms with Crippen molar-refractivity contribution in [2.75, 3.05) is 6.54 Å². The normalized spacial score (nSPS) is 18.3. The van der Waals surface area contributed by atoms with Crippen LogP contribution in [0.4, 0.5) is 0 Å². The number of nitrogens with zero attached hydrogens (tertiary/aromatic N) is 2. The van der Waals surface area contributed by atoms with Crippen LogP contribution in [0.3, 0.4) is 0 Å². The molecule has 0 atom stereocenters. The molecule has 82 valence electrons. The molecule has 0 radical (unpaired) electrons. The second-order valence-corrected chi connectivity index (χ2v) is 4.15. The smallest absolute Gasteiger partial charge is 0.269 e. The highest BCUT2D eigenvalue weighted by Crippen LogP contribution is 2.30. The molecular weight excluding hydrogens is 194 g/mol. The van der Waals surface area contributed by atoms with Crippen molar-refractivity contribution < 1.29 is 9.90 Å². The Kier molecular flexibility index (Phi) is 2.48. The van der Waals surface area contributed by atoms with Gasteiger partial charge in [-0.2, -0.15) is 0 Å². The highest BCUT2D eigenvalue weighted by molar-refractivity contribution is 5.92. The number of aliphatic hydroxyl groups is 1. The zero-order valence-corrected chi connectivity index (χ0v) is 8.73. The van der Waals surface area contributed by atoms with Gasteiger partial charge in [0.25, 0.3) is 5.91 Å². The maximum Gasteiger partial charge on any atom is 0.269 e. The molecule has 1 aliphatic carbocycles. The molecule has 2 N–H and O–H groups in total. The predicted molar refractivity (Wildman–Crippen MR) is 54.3 cm³/mol. The van der Waals surface area contributed by atoms with E-state index >= 15 is 0 Å². The Bertz CT molecular complexity index is 368. The number of rotatable bonds is 3. The van der Waals surface area contributed by atoms with E-state index < -0.39 is 5.60 Å². The molecule has 1 heterocycles. The van der Waals surface area contributed by atoms with Crippen molar-refractivity contribution >= 4 is 5.91 Å². The van der Waals surface area contributed by atoms with Gasteiger partial charge >= 0.3 is 0 Å². The van der Waals surface area contributed by atoms with Gasteiger partial charge in [0.1, 0.15) is 5.69 Å². The van der Waals surface area contributed by atoms with Crippen LogP contribution in [-0.2, 0) is 7.05 Å². The molecule has 15 heavy (non-hydrogen) atoms. The van der Waals surface area contributed by atoms with Crippen LogP contribution in [0.2, 0.25) is 0 Å². The fourth-order valence-electron chi connectivity index (χ4n) is 1.67. The largest absolute Gasteiger partial charge is 0.388 e. The molecule has 1 aliphatic rings. The van der Waals surface area contributed by atoms with Gasteiger partial charge in [-0.3, -0.25) is 4.79 Å². The van der Waals surface area contributed by atoms with E-state index in [1.807, 2.05) is 0 Å². The van der Waals surface area contributed by atoms with Crippen LogP contribution in [0.15, 0.2) is 12.5 Å². The lowest BCUT2D eigenvalue weighted by molar-refractivity contribution is -0.0301. The van der Waals surface area contributed by atoms with E-state index in [0.29, 0.717) is 12.2 Å². The summed E-state index contributed by atoms with van der Waals surface area (Å²) < 4.78 is 1.65. The molecule has 1 aromatic heterocycles. The lowest BCUT2D eigenvalue weighted by Gasteiger charge is -2.36. The van der Waals surface area contributed by atoms with Crippen molar-refractivity contribution in [3.05, 3.63) is 18.2 Å². The molecule has 1 fully saturated rings. The molecule has 1 aromatic rings. The predicted octanol–water partition coefficient (Wildman–Crippen LogP) is 0.0649. The fraction of sp³-hybridized carbons (Fsp3) is 0.600. The van der Waals surface area contributed by atoms with Gasteiger partial charge in [0, 0.05) is 13.6 Å². The summed E-state index contributed by atoms with van der Waals surface area (Å²) >= 11 is 0. The summed E-state index contributed by atoms with van der Waals surface area (Å²) in [6.07, 6.45) is 5.68. The Hall–Kier alpha value is -1.36. The summed E-state index contributed by atoms with van der Waals surface area (Å²) in [5, 5.41) is 12.5. The molecule has 1 amide bonds. The van der Waals surface area contributed by atoms with Crippen LogP contribution in [0.5, 0.6) is 0 Å². The second kappa shape index (κ2) is 3.66. The lowest BCUT2D eigenvalue weighted by Crippen LogP contribution is -2.48. The van der Waals surface area contributed by atoms with Gasteiger partial charge in [-0.25, -0.2) is 4.98 Å². The molecule has 0 unspecified atom stereocenters. The molecule has 0 spiro atoms. The molecule has 1 saturated carbocycles. The van der Waals surface area contributed by atoms with Gasteiger partial charge in [0.2, 0.25) is 0 Å². The summed E-state index contributed by atoms with van der Waals surface area (Å²) in [6.45, 7) is 0.330. The highest BCUT2D eigenvalue weighted by atomic mass is 16.3. The van der Waals surface area contributed by atoms with Crippen LogP contribution in [0.25, 0.3) is 0 Å². The topological polar surface area (TPSA) is 67.2 Å². The molecule has 0 aliphatic heterocycles. The highest BCUT2D eigenvalue weighted by Gasteiger charge is 2.34.